The summed E-state index contributed by atoms with van der Waals surface area (Å²) < 4.78 is 4.84. The van der Waals surface area contributed by atoms with Crippen LogP contribution in [0.5, 0.6) is 0 Å². The first-order valence-corrected chi connectivity index (χ1v) is 7.55. The van der Waals surface area contributed by atoms with Crippen LogP contribution in [-0.2, 0) is 0 Å². The zero-order valence-corrected chi connectivity index (χ0v) is 14.2. The van der Waals surface area contributed by atoms with Gasteiger partial charge in [0, 0.05) is 11.8 Å². The van der Waals surface area contributed by atoms with Crippen molar-refractivity contribution < 1.29 is 9.32 Å². The van der Waals surface area contributed by atoms with Crippen molar-refractivity contribution in [2.24, 2.45) is 0 Å². The molecule has 0 saturated heterocycles. The van der Waals surface area contributed by atoms with Gasteiger partial charge in [-0.05, 0) is 19.1 Å². The standard InChI is InChI=1S/C11H10N2O2.3C2H6/c1-8-7-10(15-13-8)11(14)12-9-5-3-2-4-6-9;3*1-2/h2-7H,1H3,(H,12,14);3*1-2H3. The number of amides is 1. The monoisotopic (exact) mass is 292 g/mol. The fourth-order valence-corrected chi connectivity index (χ4v) is 1.18. The molecule has 0 atom stereocenters. The normalized spacial score (nSPS) is 7.95. The molecule has 118 valence electrons. The van der Waals surface area contributed by atoms with Gasteiger partial charge in [0.15, 0.2) is 0 Å². The van der Waals surface area contributed by atoms with Crippen LogP contribution < -0.4 is 5.32 Å². The predicted molar refractivity (Wildman–Crippen MR) is 89.7 cm³/mol. The second kappa shape index (κ2) is 14.3. The summed E-state index contributed by atoms with van der Waals surface area (Å²) in [6.45, 7) is 13.8. The zero-order chi connectivity index (χ0) is 16.7. The smallest absolute Gasteiger partial charge is 0.294 e. The van der Waals surface area contributed by atoms with Crippen LogP contribution in [0, 0.1) is 6.92 Å². The second-order valence-electron chi connectivity index (χ2n) is 3.15. The van der Waals surface area contributed by atoms with E-state index in [1.165, 1.54) is 0 Å². The molecule has 21 heavy (non-hydrogen) atoms. The van der Waals surface area contributed by atoms with E-state index in [0.717, 1.165) is 5.69 Å². The molecular formula is C17H28N2O2. The van der Waals surface area contributed by atoms with E-state index < -0.39 is 0 Å². The van der Waals surface area contributed by atoms with Crippen LogP contribution in [0.25, 0.3) is 0 Å². The fourth-order valence-electron chi connectivity index (χ4n) is 1.18. The Morgan fingerprint density at radius 3 is 1.95 bits per heavy atom. The number of carbonyl (C=O) groups is 1. The molecule has 1 aromatic heterocycles. The van der Waals surface area contributed by atoms with Crippen molar-refractivity contribution in [2.75, 3.05) is 5.32 Å². The van der Waals surface area contributed by atoms with E-state index in [1.54, 1.807) is 25.1 Å². The highest BCUT2D eigenvalue weighted by Gasteiger charge is 2.10. The van der Waals surface area contributed by atoms with Gasteiger partial charge in [-0.3, -0.25) is 4.79 Å². The van der Waals surface area contributed by atoms with Gasteiger partial charge in [-0.25, -0.2) is 0 Å². The lowest BCUT2D eigenvalue weighted by Gasteiger charge is -2.00. The zero-order valence-electron chi connectivity index (χ0n) is 14.2. The summed E-state index contributed by atoms with van der Waals surface area (Å²) in [6.07, 6.45) is 0. The summed E-state index contributed by atoms with van der Waals surface area (Å²) in [5, 5.41) is 6.34. The molecule has 0 radical (unpaired) electrons. The molecule has 2 rings (SSSR count). The minimum atomic E-state index is -0.290. The van der Waals surface area contributed by atoms with Gasteiger partial charge >= 0.3 is 0 Å². The van der Waals surface area contributed by atoms with Crippen LogP contribution in [0.3, 0.4) is 0 Å². The molecule has 2 aromatic rings. The molecule has 0 aliphatic heterocycles. The molecule has 0 unspecified atom stereocenters. The van der Waals surface area contributed by atoms with E-state index in [0.29, 0.717) is 5.69 Å². The SMILES string of the molecule is CC.CC.CC.Cc1cc(C(=O)Nc2ccccc2)on1. The number of benzene rings is 1. The molecule has 1 amide bonds. The summed E-state index contributed by atoms with van der Waals surface area (Å²) >= 11 is 0. The summed E-state index contributed by atoms with van der Waals surface area (Å²) in [5.41, 5.74) is 1.42. The van der Waals surface area contributed by atoms with Gasteiger partial charge in [0.2, 0.25) is 5.76 Å². The highest BCUT2D eigenvalue weighted by Crippen LogP contribution is 2.09. The third kappa shape index (κ3) is 8.63. The van der Waals surface area contributed by atoms with Crippen molar-refractivity contribution >= 4 is 11.6 Å². The maximum absolute atomic E-state index is 11.6. The van der Waals surface area contributed by atoms with E-state index >= 15 is 0 Å². The molecule has 0 aliphatic rings. The maximum atomic E-state index is 11.6. The van der Waals surface area contributed by atoms with Crippen molar-refractivity contribution in [3.05, 3.63) is 47.9 Å². The number of nitrogens with zero attached hydrogens (tertiary/aromatic N) is 1. The number of aryl methyl sites for hydroxylation is 1. The number of para-hydroxylation sites is 1. The maximum Gasteiger partial charge on any atom is 0.294 e. The minimum absolute atomic E-state index is 0.219. The first kappa shape index (κ1) is 21.2. The molecule has 4 nitrogen and oxygen atoms in total. The third-order valence-corrected chi connectivity index (χ3v) is 1.88. The first-order chi connectivity index (χ1) is 10.3. The lowest BCUT2D eigenvalue weighted by molar-refractivity contribution is 0.0988. The van der Waals surface area contributed by atoms with Crippen LogP contribution in [0.2, 0.25) is 0 Å². The first-order valence-electron chi connectivity index (χ1n) is 7.55. The Kier molecular flexibility index (Phi) is 14.5. The Morgan fingerprint density at radius 1 is 1.00 bits per heavy atom. The van der Waals surface area contributed by atoms with E-state index in [1.807, 2.05) is 59.7 Å². The van der Waals surface area contributed by atoms with Crippen LogP contribution in [-0.4, -0.2) is 11.1 Å². The second-order valence-corrected chi connectivity index (χ2v) is 3.15. The van der Waals surface area contributed by atoms with Crippen molar-refractivity contribution in [1.29, 1.82) is 0 Å². The van der Waals surface area contributed by atoms with E-state index in [4.69, 9.17) is 4.52 Å². The highest BCUT2D eigenvalue weighted by atomic mass is 16.5. The average Bonchev–Trinajstić information content (AvgIpc) is 3.01. The number of nitrogens with one attached hydrogen (secondary N) is 1. The number of rotatable bonds is 2. The van der Waals surface area contributed by atoms with E-state index in [9.17, 15) is 4.79 Å². The van der Waals surface area contributed by atoms with E-state index in [-0.39, 0.29) is 11.7 Å². The fraction of sp³-hybridized carbons (Fsp3) is 0.412. The van der Waals surface area contributed by atoms with Gasteiger partial charge in [-0.2, -0.15) is 0 Å². The van der Waals surface area contributed by atoms with Crippen LogP contribution in [0.15, 0.2) is 40.9 Å². The largest absolute Gasteiger partial charge is 0.351 e. The Bertz CT molecular complexity index is 465. The lowest BCUT2D eigenvalue weighted by Crippen LogP contribution is -2.10. The van der Waals surface area contributed by atoms with E-state index in [2.05, 4.69) is 10.5 Å². The van der Waals surface area contributed by atoms with Gasteiger partial charge < -0.3 is 9.84 Å². The van der Waals surface area contributed by atoms with Crippen molar-refractivity contribution in [3.63, 3.8) is 0 Å². The van der Waals surface area contributed by atoms with Crippen molar-refractivity contribution in [2.45, 2.75) is 48.5 Å². The lowest BCUT2D eigenvalue weighted by atomic mass is 10.3. The molecule has 1 N–H and O–H groups in total. The quantitative estimate of drug-likeness (QED) is 0.815. The van der Waals surface area contributed by atoms with Gasteiger partial charge in [-0.15, -0.1) is 0 Å². The summed E-state index contributed by atoms with van der Waals surface area (Å²) in [7, 11) is 0. The number of hydrogen-bond acceptors (Lipinski definition) is 3. The highest BCUT2D eigenvalue weighted by molar-refractivity contribution is 6.02. The van der Waals surface area contributed by atoms with Crippen molar-refractivity contribution in [1.82, 2.24) is 5.16 Å². The Morgan fingerprint density at radius 2 is 1.52 bits per heavy atom. The summed E-state index contributed by atoms with van der Waals surface area (Å²) in [6, 6.07) is 10.8. The third-order valence-electron chi connectivity index (χ3n) is 1.88. The summed E-state index contributed by atoms with van der Waals surface area (Å²) in [5.74, 6) is -0.0712. The summed E-state index contributed by atoms with van der Waals surface area (Å²) in [4.78, 5) is 11.6. The molecule has 0 fully saturated rings. The number of anilines is 1. The average molecular weight is 292 g/mol. The topological polar surface area (TPSA) is 55.1 Å². The minimum Gasteiger partial charge on any atom is -0.351 e. The van der Waals surface area contributed by atoms with Crippen LogP contribution in [0.4, 0.5) is 5.69 Å². The Balaban J connectivity index is 0. The molecule has 0 saturated carbocycles. The number of aromatic nitrogens is 1. The van der Waals surface area contributed by atoms with Crippen LogP contribution in [0.1, 0.15) is 57.8 Å². The van der Waals surface area contributed by atoms with Gasteiger partial charge in [0.05, 0.1) is 5.69 Å². The van der Waals surface area contributed by atoms with Gasteiger partial charge in [-0.1, -0.05) is 64.9 Å². The Labute approximate surface area is 128 Å². The molecular weight excluding hydrogens is 264 g/mol. The number of hydrogen-bond donors (Lipinski definition) is 1. The van der Waals surface area contributed by atoms with Crippen molar-refractivity contribution in [3.8, 4) is 0 Å². The van der Waals surface area contributed by atoms with Gasteiger partial charge in [0.1, 0.15) is 0 Å². The molecule has 1 heterocycles. The number of carbonyl (C=O) groups excluding carboxylic acids is 1. The molecule has 0 spiro atoms. The van der Waals surface area contributed by atoms with Crippen LogP contribution >= 0.6 is 0 Å². The molecule has 0 aliphatic carbocycles. The van der Waals surface area contributed by atoms with Gasteiger partial charge in [0.25, 0.3) is 5.91 Å². The molecule has 0 bridgehead atoms. The molecule has 4 heteroatoms. The Hall–Kier alpha value is -2.10. The predicted octanol–water partition coefficient (Wildman–Crippen LogP) is 5.31. The molecule has 1 aromatic carbocycles.